The first-order valence-corrected chi connectivity index (χ1v) is 10.3. The zero-order valence-corrected chi connectivity index (χ0v) is 17.3. The number of aromatic nitrogens is 3. The first-order valence-electron chi connectivity index (χ1n) is 10.3. The average Bonchev–Trinajstić information content (AvgIpc) is 3.19. The van der Waals surface area contributed by atoms with Gasteiger partial charge >= 0.3 is 5.97 Å². The van der Waals surface area contributed by atoms with Crippen molar-refractivity contribution < 1.29 is 23.4 Å². The highest BCUT2D eigenvalue weighted by molar-refractivity contribution is 6.04. The number of morpholine rings is 1. The van der Waals surface area contributed by atoms with Gasteiger partial charge in [0.05, 0.1) is 35.4 Å². The van der Waals surface area contributed by atoms with Gasteiger partial charge in [0.15, 0.2) is 0 Å². The molecule has 0 bridgehead atoms. The number of carboxylic acid groups (broad SMARTS) is 1. The Morgan fingerprint density at radius 2 is 1.88 bits per heavy atom. The van der Waals surface area contributed by atoms with E-state index < -0.39 is 17.6 Å². The van der Waals surface area contributed by atoms with Gasteiger partial charge in [-0.3, -0.25) is 9.55 Å². The van der Waals surface area contributed by atoms with E-state index in [9.17, 15) is 18.7 Å². The molecule has 5 rings (SSSR count). The van der Waals surface area contributed by atoms with E-state index in [4.69, 9.17) is 4.74 Å². The minimum Gasteiger partial charge on any atom is -0.478 e. The van der Waals surface area contributed by atoms with E-state index in [1.165, 1.54) is 6.20 Å². The molecule has 3 heterocycles. The number of pyridine rings is 1. The van der Waals surface area contributed by atoms with Crippen molar-refractivity contribution in [1.82, 2.24) is 14.5 Å². The van der Waals surface area contributed by atoms with Gasteiger partial charge in [0.25, 0.3) is 0 Å². The van der Waals surface area contributed by atoms with Crippen LogP contribution >= 0.6 is 0 Å². The molecule has 7 nitrogen and oxygen atoms in total. The first-order chi connectivity index (χ1) is 15.5. The molecular formula is C23H20F2N4O3. The summed E-state index contributed by atoms with van der Waals surface area (Å²) in [5.74, 6) is -1.81. The lowest BCUT2D eigenvalue weighted by Gasteiger charge is -2.29. The minimum absolute atomic E-state index is 0.0233. The highest BCUT2D eigenvalue weighted by Gasteiger charge is 2.23. The Bertz CT molecular complexity index is 1360. The number of ether oxygens (including phenoxy) is 1. The molecule has 1 aliphatic rings. The minimum atomic E-state index is -1.10. The molecule has 1 N–H and O–H groups in total. The summed E-state index contributed by atoms with van der Waals surface area (Å²) in [4.78, 5) is 22.7. The Kier molecular flexibility index (Phi) is 4.97. The molecule has 32 heavy (non-hydrogen) atoms. The molecule has 0 aliphatic carbocycles. The van der Waals surface area contributed by atoms with Gasteiger partial charge in [0, 0.05) is 31.4 Å². The molecule has 0 amide bonds. The van der Waals surface area contributed by atoms with Crippen LogP contribution in [-0.2, 0) is 11.2 Å². The number of nitrogens with zero attached hydrogens (tertiary/aromatic N) is 4. The van der Waals surface area contributed by atoms with E-state index in [0.717, 1.165) is 12.1 Å². The van der Waals surface area contributed by atoms with E-state index in [1.807, 2.05) is 17.9 Å². The summed E-state index contributed by atoms with van der Waals surface area (Å²) in [6.45, 7) is 4.20. The van der Waals surface area contributed by atoms with Gasteiger partial charge in [0.2, 0.25) is 0 Å². The number of aromatic carboxylic acids is 1. The molecule has 2 aromatic carbocycles. The Hall–Kier alpha value is -3.59. The number of benzene rings is 2. The zero-order valence-electron chi connectivity index (χ0n) is 17.3. The van der Waals surface area contributed by atoms with Crippen molar-refractivity contribution in [2.24, 2.45) is 0 Å². The predicted molar refractivity (Wildman–Crippen MR) is 116 cm³/mol. The quantitative estimate of drug-likeness (QED) is 0.520. The van der Waals surface area contributed by atoms with Crippen LogP contribution in [0.4, 0.5) is 14.5 Å². The second kappa shape index (κ2) is 7.83. The average molecular weight is 438 g/mol. The summed E-state index contributed by atoms with van der Waals surface area (Å²) in [7, 11) is 0. The van der Waals surface area contributed by atoms with Crippen LogP contribution in [0.1, 0.15) is 23.1 Å². The van der Waals surface area contributed by atoms with Gasteiger partial charge in [-0.25, -0.2) is 18.6 Å². The van der Waals surface area contributed by atoms with Crippen LogP contribution < -0.4 is 4.90 Å². The molecule has 0 unspecified atom stereocenters. The second-order valence-corrected chi connectivity index (χ2v) is 7.57. The number of anilines is 1. The summed E-state index contributed by atoms with van der Waals surface area (Å²) < 4.78 is 36.4. The normalized spacial score (nSPS) is 14.4. The van der Waals surface area contributed by atoms with E-state index in [0.29, 0.717) is 61.0 Å². The topological polar surface area (TPSA) is 80.5 Å². The maximum atomic E-state index is 14.9. The lowest BCUT2D eigenvalue weighted by atomic mass is 10.1. The van der Waals surface area contributed by atoms with Gasteiger partial charge in [-0.2, -0.15) is 0 Å². The van der Waals surface area contributed by atoms with Gasteiger partial charge in [-0.05, 0) is 30.3 Å². The fourth-order valence-electron chi connectivity index (χ4n) is 4.25. The van der Waals surface area contributed by atoms with E-state index >= 15 is 0 Å². The number of hydrogen-bond donors (Lipinski definition) is 1. The van der Waals surface area contributed by atoms with Crippen molar-refractivity contribution in [1.29, 1.82) is 0 Å². The van der Waals surface area contributed by atoms with Crippen LogP contribution in [0.3, 0.4) is 0 Å². The van der Waals surface area contributed by atoms with Crippen molar-refractivity contribution in [3.05, 3.63) is 59.6 Å². The van der Waals surface area contributed by atoms with Gasteiger partial charge in [0.1, 0.15) is 28.5 Å². The highest BCUT2D eigenvalue weighted by Crippen LogP contribution is 2.33. The summed E-state index contributed by atoms with van der Waals surface area (Å²) in [6, 6.07) is 7.16. The highest BCUT2D eigenvalue weighted by atomic mass is 19.1. The number of halogens is 2. The molecule has 2 aromatic heterocycles. The monoisotopic (exact) mass is 438 g/mol. The van der Waals surface area contributed by atoms with Crippen LogP contribution in [0.5, 0.6) is 0 Å². The van der Waals surface area contributed by atoms with E-state index in [-0.39, 0.29) is 16.5 Å². The Morgan fingerprint density at radius 1 is 1.12 bits per heavy atom. The summed E-state index contributed by atoms with van der Waals surface area (Å²) in [5, 5.41) is 9.91. The van der Waals surface area contributed by atoms with Crippen LogP contribution in [0.2, 0.25) is 0 Å². The number of carboxylic acids is 1. The smallest absolute Gasteiger partial charge is 0.338 e. The molecule has 0 atom stereocenters. The molecule has 164 valence electrons. The maximum Gasteiger partial charge on any atom is 0.338 e. The Balaban J connectivity index is 1.86. The molecular weight excluding hydrogens is 418 g/mol. The van der Waals surface area contributed by atoms with Gasteiger partial charge in [-0.1, -0.05) is 6.92 Å². The molecule has 0 radical (unpaired) electrons. The number of rotatable bonds is 4. The third-order valence-corrected chi connectivity index (χ3v) is 5.75. The van der Waals surface area contributed by atoms with Crippen molar-refractivity contribution >= 4 is 33.6 Å². The van der Waals surface area contributed by atoms with Crippen molar-refractivity contribution in [2.45, 2.75) is 13.3 Å². The molecule has 9 heteroatoms. The molecule has 1 fully saturated rings. The van der Waals surface area contributed by atoms with Gasteiger partial charge < -0.3 is 14.7 Å². The number of carbonyl (C=O) groups is 1. The molecule has 0 saturated carbocycles. The van der Waals surface area contributed by atoms with Crippen molar-refractivity contribution in [3.8, 4) is 5.69 Å². The summed E-state index contributed by atoms with van der Waals surface area (Å²) >= 11 is 0. The molecule has 4 aromatic rings. The Labute approximate surface area is 181 Å². The maximum absolute atomic E-state index is 14.9. The van der Waals surface area contributed by atoms with Crippen LogP contribution in [-0.4, -0.2) is 51.9 Å². The SMILES string of the molecule is CCc1nc2c(C(=O)O)cc(N3CCOCC3)cc2n1-c1ccnc2c(F)ccc(F)c12. The summed E-state index contributed by atoms with van der Waals surface area (Å²) in [5.41, 5.74) is 1.86. The van der Waals surface area contributed by atoms with E-state index in [2.05, 4.69) is 9.97 Å². The lowest BCUT2D eigenvalue weighted by Crippen LogP contribution is -2.36. The molecule has 0 spiro atoms. The predicted octanol–water partition coefficient (Wildman–Crippen LogP) is 3.95. The fraction of sp³-hybridized carbons (Fsp3) is 0.261. The third kappa shape index (κ3) is 3.16. The van der Waals surface area contributed by atoms with Crippen LogP contribution in [0.25, 0.3) is 27.6 Å². The van der Waals surface area contributed by atoms with Crippen molar-refractivity contribution in [2.75, 3.05) is 31.2 Å². The number of imidazole rings is 1. The lowest BCUT2D eigenvalue weighted by molar-refractivity contribution is 0.0699. The molecule has 1 aliphatic heterocycles. The number of fused-ring (bicyclic) bond motifs is 2. The largest absolute Gasteiger partial charge is 0.478 e. The molecule has 1 saturated heterocycles. The van der Waals surface area contributed by atoms with Gasteiger partial charge in [-0.15, -0.1) is 0 Å². The standard InChI is InChI=1S/C23H20F2N4O3/c1-2-19-27-21-14(23(30)31)11-13(28-7-9-32-10-8-28)12-18(21)29(19)17-5-6-26-22-16(25)4-3-15(24)20(17)22/h3-6,11-12H,2,7-10H2,1H3,(H,30,31). The number of aryl methyl sites for hydroxylation is 1. The van der Waals surface area contributed by atoms with Crippen LogP contribution in [0, 0.1) is 11.6 Å². The fourth-order valence-corrected chi connectivity index (χ4v) is 4.25. The van der Waals surface area contributed by atoms with E-state index in [1.54, 1.807) is 16.7 Å². The van der Waals surface area contributed by atoms with Crippen LogP contribution in [0.15, 0.2) is 36.5 Å². The third-order valence-electron chi connectivity index (χ3n) is 5.75. The Morgan fingerprint density at radius 3 is 2.59 bits per heavy atom. The first kappa shape index (κ1) is 20.3. The second-order valence-electron chi connectivity index (χ2n) is 7.57. The van der Waals surface area contributed by atoms with Crippen molar-refractivity contribution in [3.63, 3.8) is 0 Å². The zero-order chi connectivity index (χ0) is 22.4. The number of hydrogen-bond acceptors (Lipinski definition) is 5. The summed E-state index contributed by atoms with van der Waals surface area (Å²) in [6.07, 6.45) is 1.87.